The summed E-state index contributed by atoms with van der Waals surface area (Å²) >= 11 is -0.106. The van der Waals surface area contributed by atoms with Crippen LogP contribution < -0.4 is 0 Å². The molecule has 0 spiro atoms. The Hall–Kier alpha value is 1.55. The summed E-state index contributed by atoms with van der Waals surface area (Å²) in [6.45, 7) is 3.93. The van der Waals surface area contributed by atoms with Crippen LogP contribution in [0.4, 0.5) is 0 Å². The third-order valence-electron chi connectivity index (χ3n) is 1.94. The zero-order valence-electron chi connectivity index (χ0n) is 9.10. The summed E-state index contributed by atoms with van der Waals surface area (Å²) in [5.41, 5.74) is 0. The van der Waals surface area contributed by atoms with Crippen molar-refractivity contribution < 1.29 is 30.6 Å². The molecule has 3 N–H and O–H groups in total. The molecular formula is C8H21Cl2O3PPd. The standard InChI is InChI=1S/C8H21O3P.2ClH.Pd/c1-3-5-7-12(9,10,11)8-6-4-2;;;/h9-11H,3-8H2,1-2H3;2*1H;/q;;;+2/p-2. The zero-order chi connectivity index (χ0) is 12.4. The molecule has 15 heavy (non-hydrogen) atoms. The number of halogens is 2. The predicted octanol–water partition coefficient (Wildman–Crippen LogP) is 3.24. The summed E-state index contributed by atoms with van der Waals surface area (Å²) in [6.07, 6.45) is 3.47. The van der Waals surface area contributed by atoms with Crippen LogP contribution in [0.25, 0.3) is 0 Å². The molecule has 100 valence electrons. The molecule has 0 bridgehead atoms. The number of rotatable bonds is 6. The molecule has 0 rings (SSSR count). The topological polar surface area (TPSA) is 60.7 Å². The first-order valence-corrected chi connectivity index (χ1v) is 11.4. The average molecular weight is 374 g/mol. The molecule has 0 aromatic rings. The van der Waals surface area contributed by atoms with Crippen LogP contribution in [0.1, 0.15) is 39.5 Å². The molecule has 0 aromatic carbocycles. The molecule has 0 unspecified atom stereocenters. The van der Waals surface area contributed by atoms with Crippen LogP contribution in [0.15, 0.2) is 0 Å². The van der Waals surface area contributed by atoms with E-state index >= 15 is 0 Å². The van der Waals surface area contributed by atoms with Crippen LogP contribution in [0.2, 0.25) is 0 Å². The molecule has 0 fully saturated rings. The Kier molecular flexibility index (Phi) is 12.1. The summed E-state index contributed by atoms with van der Waals surface area (Å²) in [7, 11) is 5.42. The molecule has 0 atom stereocenters. The minimum atomic E-state index is -4.21. The minimum absolute atomic E-state index is 0.106. The molecule has 0 aliphatic rings. The second-order valence-electron chi connectivity index (χ2n) is 3.54. The Bertz CT molecular complexity index is 141. The van der Waals surface area contributed by atoms with Gasteiger partial charge in [0.15, 0.2) is 0 Å². The van der Waals surface area contributed by atoms with Gasteiger partial charge in [0.2, 0.25) is 0 Å². The van der Waals surface area contributed by atoms with Crippen molar-refractivity contribution in [3.8, 4) is 0 Å². The molecular weight excluding hydrogens is 352 g/mol. The molecule has 0 aromatic heterocycles. The van der Waals surface area contributed by atoms with Crippen LogP contribution in [-0.2, 0) is 15.9 Å². The van der Waals surface area contributed by atoms with E-state index in [9.17, 15) is 14.7 Å². The maximum atomic E-state index is 9.48. The Morgan fingerprint density at radius 3 is 1.40 bits per heavy atom. The van der Waals surface area contributed by atoms with Crippen molar-refractivity contribution in [3.63, 3.8) is 0 Å². The predicted molar refractivity (Wildman–Crippen MR) is 64.8 cm³/mol. The molecule has 0 heterocycles. The second-order valence-corrected chi connectivity index (χ2v) is 9.48. The molecule has 0 aliphatic carbocycles. The Balaban J connectivity index is 0. The van der Waals surface area contributed by atoms with Crippen LogP contribution >= 0.6 is 26.3 Å². The molecule has 0 radical (unpaired) electrons. The molecule has 0 aliphatic heterocycles. The zero-order valence-corrected chi connectivity index (χ0v) is 13.1. The fourth-order valence-corrected chi connectivity index (χ4v) is 3.23. The molecule has 3 nitrogen and oxygen atoms in total. The number of unbranched alkanes of at least 4 members (excludes halogenated alkanes) is 2. The van der Waals surface area contributed by atoms with E-state index in [1.54, 1.807) is 0 Å². The van der Waals surface area contributed by atoms with Gasteiger partial charge in [-0.15, -0.1) is 0 Å². The summed E-state index contributed by atoms with van der Waals surface area (Å²) in [4.78, 5) is 28.5. The molecule has 0 saturated heterocycles. The second kappa shape index (κ2) is 9.57. The van der Waals surface area contributed by atoms with Gasteiger partial charge in [0.05, 0.1) is 0 Å². The van der Waals surface area contributed by atoms with Gasteiger partial charge in [-0.3, -0.25) is 0 Å². The summed E-state index contributed by atoms with van der Waals surface area (Å²) in [5, 5.41) is 0. The fraction of sp³-hybridized carbons (Fsp3) is 1.00. The molecule has 7 heteroatoms. The SMILES string of the molecule is CCCCP(O)(O)(O)CCCC.[Cl][Pd][Cl]. The fourth-order valence-electron chi connectivity index (χ4n) is 1.08. The van der Waals surface area contributed by atoms with E-state index in [-0.39, 0.29) is 28.3 Å². The molecule has 0 saturated carbocycles. The molecule has 0 amide bonds. The van der Waals surface area contributed by atoms with Crippen LogP contribution in [0.5, 0.6) is 0 Å². The quantitative estimate of drug-likeness (QED) is 0.495. The van der Waals surface area contributed by atoms with Gasteiger partial charge in [0, 0.05) is 0 Å². The van der Waals surface area contributed by atoms with E-state index in [1.165, 1.54) is 0 Å². The number of hydrogen-bond donors (Lipinski definition) is 3. The van der Waals surface area contributed by atoms with Crippen molar-refractivity contribution >= 4 is 26.3 Å². The first-order valence-electron chi connectivity index (χ1n) is 4.89. The Labute approximate surface area is 108 Å². The van der Waals surface area contributed by atoms with Crippen molar-refractivity contribution in [1.82, 2.24) is 0 Å². The third kappa shape index (κ3) is 15.6. The van der Waals surface area contributed by atoms with Gasteiger partial charge >= 0.3 is 109 Å². The summed E-state index contributed by atoms with van der Waals surface area (Å²) in [5.74, 6) is 0. The van der Waals surface area contributed by atoms with E-state index in [0.717, 1.165) is 12.8 Å². The normalized spacial score (nSPS) is 13.9. The van der Waals surface area contributed by atoms with Crippen LogP contribution in [0.3, 0.4) is 0 Å². The van der Waals surface area contributed by atoms with E-state index in [1.807, 2.05) is 13.8 Å². The van der Waals surface area contributed by atoms with Gasteiger partial charge in [0.1, 0.15) is 0 Å². The van der Waals surface area contributed by atoms with Gasteiger partial charge < -0.3 is 0 Å². The Morgan fingerprint density at radius 1 is 0.933 bits per heavy atom. The van der Waals surface area contributed by atoms with Crippen molar-refractivity contribution in [1.29, 1.82) is 0 Å². The Morgan fingerprint density at radius 2 is 1.20 bits per heavy atom. The number of hydrogen-bond acceptors (Lipinski definition) is 3. The van der Waals surface area contributed by atoms with Gasteiger partial charge in [0.25, 0.3) is 0 Å². The maximum absolute atomic E-state index is 9.48. The van der Waals surface area contributed by atoms with Crippen LogP contribution in [-0.4, -0.2) is 27.0 Å². The van der Waals surface area contributed by atoms with Crippen LogP contribution in [0, 0.1) is 0 Å². The van der Waals surface area contributed by atoms with Gasteiger partial charge in [-0.25, -0.2) is 0 Å². The first kappa shape index (κ1) is 18.9. The van der Waals surface area contributed by atoms with E-state index in [2.05, 4.69) is 0 Å². The summed E-state index contributed by atoms with van der Waals surface area (Å²) < 4.78 is 0. The van der Waals surface area contributed by atoms with Crippen molar-refractivity contribution in [2.75, 3.05) is 12.3 Å². The average Bonchev–Trinajstić information content (AvgIpc) is 2.13. The monoisotopic (exact) mass is 372 g/mol. The summed E-state index contributed by atoms with van der Waals surface area (Å²) in [6, 6.07) is 0. The van der Waals surface area contributed by atoms with E-state index < -0.39 is 7.28 Å². The van der Waals surface area contributed by atoms with Gasteiger partial charge in [-0.05, 0) is 0 Å². The van der Waals surface area contributed by atoms with E-state index in [4.69, 9.17) is 19.1 Å². The first-order chi connectivity index (χ1) is 6.80. The van der Waals surface area contributed by atoms with E-state index in [0.29, 0.717) is 12.8 Å². The van der Waals surface area contributed by atoms with Gasteiger partial charge in [-0.1, -0.05) is 0 Å². The van der Waals surface area contributed by atoms with Crippen molar-refractivity contribution in [2.24, 2.45) is 0 Å². The third-order valence-corrected chi connectivity index (χ3v) is 4.40. The van der Waals surface area contributed by atoms with Gasteiger partial charge in [-0.2, -0.15) is 0 Å². The van der Waals surface area contributed by atoms with Crippen molar-refractivity contribution in [2.45, 2.75) is 39.5 Å². The van der Waals surface area contributed by atoms with Crippen molar-refractivity contribution in [3.05, 3.63) is 0 Å².